The summed E-state index contributed by atoms with van der Waals surface area (Å²) in [5, 5.41) is 1.06. The number of benzene rings is 1. The quantitative estimate of drug-likeness (QED) is 0.252. The molecule has 0 N–H and O–H groups in total. The number of fused-ring (bicyclic) bond motifs is 1. The number of aromatic nitrogens is 3. The van der Waals surface area contributed by atoms with Crippen molar-refractivity contribution in [3.63, 3.8) is 0 Å². The Bertz CT molecular complexity index is 1070. The Morgan fingerprint density at radius 3 is 2.73 bits per heavy atom. The van der Waals surface area contributed by atoms with Gasteiger partial charge in [0.25, 0.3) is 0 Å². The van der Waals surface area contributed by atoms with Crippen molar-refractivity contribution >= 4 is 24.8 Å². The molecular formula is C26H37N5OSi. The zero-order chi connectivity index (χ0) is 23.3. The zero-order valence-electron chi connectivity index (χ0n) is 20.5. The Hall–Kier alpha value is -2.35. The second-order valence-corrected chi connectivity index (χ2v) is 15.9. The first kappa shape index (κ1) is 23.8. The van der Waals surface area contributed by atoms with Gasteiger partial charge in [-0.25, -0.2) is 9.97 Å². The van der Waals surface area contributed by atoms with E-state index in [-0.39, 0.29) is 0 Å². The standard InChI is InChI=1S/C26H37N5OSi/c1-27-24(22-11-8-13-30(18-22)17-21-9-6-5-7-10-21)25-23-12-14-31(26(23)29-19-28-25)20-32-15-16-33(2,3)4/h5-7,9-10,12,14,19,22H,8,11,13,15-18,20H2,1-4H3. The molecule has 0 spiro atoms. The van der Waals surface area contributed by atoms with Crippen molar-refractivity contribution < 1.29 is 4.74 Å². The van der Waals surface area contributed by atoms with Crippen molar-refractivity contribution in [1.82, 2.24) is 19.4 Å². The van der Waals surface area contributed by atoms with Crippen LogP contribution in [0.1, 0.15) is 24.1 Å². The summed E-state index contributed by atoms with van der Waals surface area (Å²) in [4.78, 5) is 16.6. The largest absolute Gasteiger partial charge is 0.361 e. The summed E-state index contributed by atoms with van der Waals surface area (Å²) in [7, 11) is 0.807. The molecule has 0 radical (unpaired) electrons. The molecule has 1 fully saturated rings. The van der Waals surface area contributed by atoms with Gasteiger partial charge >= 0.3 is 0 Å². The van der Waals surface area contributed by atoms with Gasteiger partial charge in [-0.3, -0.25) is 9.89 Å². The van der Waals surface area contributed by atoms with E-state index in [0.29, 0.717) is 12.6 Å². The molecule has 33 heavy (non-hydrogen) atoms. The minimum absolute atomic E-state index is 0.377. The molecule has 4 rings (SSSR count). The van der Waals surface area contributed by atoms with Crippen molar-refractivity contribution in [3.8, 4) is 0 Å². The first-order chi connectivity index (χ1) is 15.9. The van der Waals surface area contributed by atoms with E-state index in [1.807, 2.05) is 7.05 Å². The van der Waals surface area contributed by atoms with E-state index in [1.165, 1.54) is 18.0 Å². The van der Waals surface area contributed by atoms with Gasteiger partial charge < -0.3 is 9.30 Å². The van der Waals surface area contributed by atoms with E-state index in [0.717, 1.165) is 55.1 Å². The van der Waals surface area contributed by atoms with E-state index in [2.05, 4.69) is 76.7 Å². The van der Waals surface area contributed by atoms with Gasteiger partial charge in [-0.2, -0.15) is 0 Å². The second kappa shape index (κ2) is 10.7. The molecule has 3 aromatic rings. The molecule has 1 aliphatic rings. The first-order valence-electron chi connectivity index (χ1n) is 12.1. The molecule has 3 heterocycles. The highest BCUT2D eigenvalue weighted by Gasteiger charge is 2.27. The Morgan fingerprint density at radius 1 is 1.15 bits per heavy atom. The summed E-state index contributed by atoms with van der Waals surface area (Å²) in [5.41, 5.74) is 4.35. The second-order valence-electron chi connectivity index (χ2n) is 10.3. The number of likely N-dealkylation sites (tertiary alicyclic amines) is 1. The number of hydrogen-bond acceptors (Lipinski definition) is 5. The molecule has 1 atom stereocenters. The molecule has 0 saturated carbocycles. The number of nitrogens with zero attached hydrogens (tertiary/aromatic N) is 5. The normalized spacial score (nSPS) is 18.2. The van der Waals surface area contributed by atoms with Crippen molar-refractivity contribution in [1.29, 1.82) is 0 Å². The molecule has 1 saturated heterocycles. The van der Waals surface area contributed by atoms with E-state index in [1.54, 1.807) is 6.33 Å². The van der Waals surface area contributed by atoms with Crippen LogP contribution < -0.4 is 0 Å². The van der Waals surface area contributed by atoms with Crippen LogP contribution in [0.15, 0.2) is 53.9 Å². The van der Waals surface area contributed by atoms with E-state index in [9.17, 15) is 0 Å². The van der Waals surface area contributed by atoms with Crippen LogP contribution in [0.25, 0.3) is 11.0 Å². The van der Waals surface area contributed by atoms with Crippen LogP contribution in [-0.4, -0.2) is 60.0 Å². The highest BCUT2D eigenvalue weighted by Crippen LogP contribution is 2.26. The Labute approximate surface area is 198 Å². The molecule has 0 aliphatic carbocycles. The maximum Gasteiger partial charge on any atom is 0.145 e. The van der Waals surface area contributed by atoms with Crippen molar-refractivity contribution in [2.45, 2.75) is 51.8 Å². The molecule has 0 bridgehead atoms. The molecule has 1 unspecified atom stereocenters. The van der Waals surface area contributed by atoms with Crippen LogP contribution in [0, 0.1) is 5.92 Å². The lowest BCUT2D eigenvalue weighted by Gasteiger charge is -2.33. The molecule has 2 aromatic heterocycles. The van der Waals surface area contributed by atoms with Gasteiger partial charge in [-0.05, 0) is 37.1 Å². The maximum absolute atomic E-state index is 5.98. The summed E-state index contributed by atoms with van der Waals surface area (Å²) in [6.07, 6.45) is 6.06. The lowest BCUT2D eigenvalue weighted by atomic mass is 9.90. The summed E-state index contributed by atoms with van der Waals surface area (Å²) in [6.45, 7) is 11.6. The average Bonchev–Trinajstić information content (AvgIpc) is 3.21. The van der Waals surface area contributed by atoms with Gasteiger partial charge in [0.05, 0.1) is 11.4 Å². The minimum Gasteiger partial charge on any atom is -0.361 e. The van der Waals surface area contributed by atoms with E-state index >= 15 is 0 Å². The predicted molar refractivity (Wildman–Crippen MR) is 139 cm³/mol. The van der Waals surface area contributed by atoms with Gasteiger partial charge in [0.15, 0.2) is 0 Å². The molecule has 0 amide bonds. The van der Waals surface area contributed by atoms with E-state index < -0.39 is 8.07 Å². The predicted octanol–water partition coefficient (Wildman–Crippen LogP) is 5.07. The van der Waals surface area contributed by atoms with E-state index in [4.69, 9.17) is 14.7 Å². The number of aliphatic imine (C=N–C) groups is 1. The third-order valence-corrected chi connectivity index (χ3v) is 8.11. The maximum atomic E-state index is 5.98. The smallest absolute Gasteiger partial charge is 0.145 e. The van der Waals surface area contributed by atoms with Crippen LogP contribution in [0.5, 0.6) is 0 Å². The minimum atomic E-state index is -1.09. The monoisotopic (exact) mass is 463 g/mol. The van der Waals surface area contributed by atoms with Gasteiger partial charge in [0.2, 0.25) is 0 Å². The summed E-state index contributed by atoms with van der Waals surface area (Å²) in [6, 6.07) is 14.0. The average molecular weight is 464 g/mol. The fraction of sp³-hybridized carbons (Fsp3) is 0.500. The summed E-state index contributed by atoms with van der Waals surface area (Å²) >= 11 is 0. The van der Waals surface area contributed by atoms with Crippen molar-refractivity contribution in [3.05, 3.63) is 60.2 Å². The molecule has 1 aromatic carbocycles. The zero-order valence-corrected chi connectivity index (χ0v) is 21.5. The fourth-order valence-corrected chi connectivity index (χ4v) is 5.36. The van der Waals surface area contributed by atoms with Crippen molar-refractivity contribution in [2.75, 3.05) is 26.7 Å². The highest BCUT2D eigenvalue weighted by molar-refractivity contribution is 6.76. The van der Waals surface area contributed by atoms with Crippen LogP contribution >= 0.6 is 0 Å². The Kier molecular flexibility index (Phi) is 7.73. The summed E-state index contributed by atoms with van der Waals surface area (Å²) < 4.78 is 8.06. The fourth-order valence-electron chi connectivity index (χ4n) is 4.60. The van der Waals surface area contributed by atoms with Gasteiger partial charge in [0, 0.05) is 52.3 Å². The van der Waals surface area contributed by atoms with Crippen LogP contribution in [0.4, 0.5) is 0 Å². The number of hydrogen-bond donors (Lipinski definition) is 0. The molecular weight excluding hydrogens is 426 g/mol. The first-order valence-corrected chi connectivity index (χ1v) is 15.8. The third kappa shape index (κ3) is 6.16. The molecule has 176 valence electrons. The van der Waals surface area contributed by atoms with Crippen LogP contribution in [0.2, 0.25) is 25.7 Å². The molecule has 1 aliphatic heterocycles. The number of ether oxygens (including phenoxy) is 1. The van der Waals surface area contributed by atoms with Crippen LogP contribution in [-0.2, 0) is 18.0 Å². The SMILES string of the molecule is CN=C(c1ncnc2c1ccn2COCC[Si](C)(C)C)C1CCCN(Cc2ccccc2)C1. The van der Waals surface area contributed by atoms with Crippen molar-refractivity contribution in [2.24, 2.45) is 10.9 Å². The Balaban J connectivity index is 1.48. The number of rotatable bonds is 9. The molecule has 6 nitrogen and oxygen atoms in total. The highest BCUT2D eigenvalue weighted by atomic mass is 28.3. The van der Waals surface area contributed by atoms with Gasteiger partial charge in [-0.15, -0.1) is 0 Å². The van der Waals surface area contributed by atoms with Crippen LogP contribution in [0.3, 0.4) is 0 Å². The van der Waals surface area contributed by atoms with Gasteiger partial charge in [0.1, 0.15) is 18.7 Å². The van der Waals surface area contributed by atoms with Gasteiger partial charge in [-0.1, -0.05) is 50.0 Å². The topological polar surface area (TPSA) is 55.5 Å². The Morgan fingerprint density at radius 2 is 1.97 bits per heavy atom. The lowest BCUT2D eigenvalue weighted by molar-refractivity contribution is 0.0899. The summed E-state index contributed by atoms with van der Waals surface area (Å²) in [5.74, 6) is 0.377. The third-order valence-electron chi connectivity index (χ3n) is 6.41. The lowest BCUT2D eigenvalue weighted by Crippen LogP contribution is -2.38. The number of piperidine rings is 1. The molecule has 7 heteroatoms.